The minimum atomic E-state index is -4.88. The monoisotopic (exact) mass is 479 g/mol. The number of benzene rings is 1. The van der Waals surface area contributed by atoms with Gasteiger partial charge in [0.05, 0.1) is 16.4 Å². The van der Waals surface area contributed by atoms with Crippen molar-refractivity contribution in [1.82, 2.24) is 5.32 Å². The maximum absolute atomic E-state index is 13.5. The molecule has 0 aliphatic carbocycles. The van der Waals surface area contributed by atoms with E-state index < -0.39 is 30.5 Å². The third kappa shape index (κ3) is 5.91. The van der Waals surface area contributed by atoms with Gasteiger partial charge in [0.25, 0.3) is 11.8 Å². The summed E-state index contributed by atoms with van der Waals surface area (Å²) < 4.78 is 45.7. The summed E-state index contributed by atoms with van der Waals surface area (Å²) in [5.41, 5.74) is 1.32. The lowest BCUT2D eigenvalue weighted by Gasteiger charge is -2.28. The second-order valence-electron chi connectivity index (χ2n) is 7.20. The van der Waals surface area contributed by atoms with Gasteiger partial charge in [-0.2, -0.15) is 13.2 Å². The number of aryl methyl sites for hydroxylation is 1. The smallest absolute Gasteiger partial charge is 0.370 e. The Kier molecular flexibility index (Phi) is 7.40. The number of morpholine rings is 1. The number of terminal acetylenes is 1. The van der Waals surface area contributed by atoms with Crippen LogP contribution in [0.25, 0.3) is 0 Å². The number of amides is 3. The Morgan fingerprint density at radius 3 is 2.67 bits per heavy atom. The van der Waals surface area contributed by atoms with Crippen molar-refractivity contribution in [3.63, 3.8) is 0 Å². The largest absolute Gasteiger partial charge is 0.402 e. The third-order valence-electron chi connectivity index (χ3n) is 4.89. The van der Waals surface area contributed by atoms with Crippen LogP contribution in [-0.2, 0) is 14.3 Å². The predicted octanol–water partition coefficient (Wildman–Crippen LogP) is 2.95. The summed E-state index contributed by atoms with van der Waals surface area (Å²) in [5.74, 6) is -2.42. The number of thiophene rings is 1. The summed E-state index contributed by atoms with van der Waals surface area (Å²) >= 11 is 0.960. The summed E-state index contributed by atoms with van der Waals surface area (Å²) in [6.45, 7) is 1.43. The van der Waals surface area contributed by atoms with E-state index in [9.17, 15) is 27.6 Å². The van der Waals surface area contributed by atoms with Crippen molar-refractivity contribution in [2.75, 3.05) is 36.5 Å². The van der Waals surface area contributed by atoms with E-state index in [1.807, 2.05) is 0 Å². The Morgan fingerprint density at radius 1 is 1.30 bits per heavy atom. The lowest BCUT2D eigenvalue weighted by atomic mass is 10.1. The van der Waals surface area contributed by atoms with E-state index in [-0.39, 0.29) is 23.1 Å². The molecule has 11 heteroatoms. The number of hydrogen-bond donors (Lipinski definition) is 2. The van der Waals surface area contributed by atoms with Crippen molar-refractivity contribution in [2.45, 2.75) is 13.1 Å². The van der Waals surface area contributed by atoms with E-state index in [1.165, 1.54) is 29.2 Å². The molecule has 1 aliphatic heterocycles. The molecule has 7 nitrogen and oxygen atoms in total. The van der Waals surface area contributed by atoms with Crippen LogP contribution in [0.5, 0.6) is 0 Å². The van der Waals surface area contributed by atoms with Crippen LogP contribution in [0.4, 0.5) is 24.5 Å². The summed E-state index contributed by atoms with van der Waals surface area (Å²) in [7, 11) is 0. The van der Waals surface area contributed by atoms with Gasteiger partial charge in [-0.1, -0.05) is 5.92 Å². The Hall–Kier alpha value is -3.36. The zero-order valence-corrected chi connectivity index (χ0v) is 18.3. The highest BCUT2D eigenvalue weighted by Gasteiger charge is 2.45. The Bertz CT molecular complexity index is 1110. The molecule has 2 aromatic rings. The molecule has 0 radical (unpaired) electrons. The van der Waals surface area contributed by atoms with Gasteiger partial charge in [0.15, 0.2) is 5.92 Å². The van der Waals surface area contributed by atoms with Gasteiger partial charge in [0.2, 0.25) is 5.91 Å². The first-order valence-corrected chi connectivity index (χ1v) is 10.6. The molecule has 0 saturated carbocycles. The number of alkyl halides is 3. The van der Waals surface area contributed by atoms with Crippen LogP contribution >= 0.6 is 11.3 Å². The molecule has 1 aliphatic rings. The molecule has 1 aromatic carbocycles. The van der Waals surface area contributed by atoms with Gasteiger partial charge in [0.1, 0.15) is 6.61 Å². The summed E-state index contributed by atoms with van der Waals surface area (Å²) in [4.78, 5) is 38.7. The molecule has 0 spiro atoms. The van der Waals surface area contributed by atoms with Gasteiger partial charge >= 0.3 is 6.18 Å². The fourth-order valence-corrected chi connectivity index (χ4v) is 3.95. The van der Waals surface area contributed by atoms with Crippen molar-refractivity contribution < 1.29 is 32.3 Å². The first kappa shape index (κ1) is 24.3. The van der Waals surface area contributed by atoms with E-state index in [1.54, 1.807) is 13.0 Å². The summed E-state index contributed by atoms with van der Waals surface area (Å²) in [6.07, 6.45) is 0.344. The quantitative estimate of drug-likeness (QED) is 0.624. The SMILES string of the molecule is C#Cc1ccc(C(=O)NCC(C(=O)Nc2ccc(N3CCOCC3=O)c(C)c2)C(F)(F)F)s1. The lowest BCUT2D eigenvalue weighted by molar-refractivity contribution is -0.178. The highest BCUT2D eigenvalue weighted by atomic mass is 32.1. The fourth-order valence-electron chi connectivity index (χ4n) is 3.21. The van der Waals surface area contributed by atoms with Crippen molar-refractivity contribution in [3.05, 3.63) is 45.6 Å². The first-order chi connectivity index (χ1) is 15.6. The normalized spacial score (nSPS) is 15.0. The Balaban J connectivity index is 1.68. The first-order valence-electron chi connectivity index (χ1n) is 9.81. The number of halogens is 3. The average Bonchev–Trinajstić information content (AvgIpc) is 3.23. The lowest BCUT2D eigenvalue weighted by Crippen LogP contribution is -2.43. The van der Waals surface area contributed by atoms with Crippen molar-refractivity contribution in [2.24, 2.45) is 5.92 Å². The van der Waals surface area contributed by atoms with Crippen LogP contribution in [0.15, 0.2) is 30.3 Å². The molecule has 1 fully saturated rings. The highest BCUT2D eigenvalue weighted by molar-refractivity contribution is 7.14. The number of nitrogens with zero attached hydrogens (tertiary/aromatic N) is 1. The zero-order valence-electron chi connectivity index (χ0n) is 17.5. The van der Waals surface area contributed by atoms with Crippen molar-refractivity contribution >= 4 is 40.4 Å². The number of rotatable bonds is 6. The maximum atomic E-state index is 13.5. The molecule has 0 bridgehead atoms. The molecular formula is C22H20F3N3O4S. The van der Waals surface area contributed by atoms with E-state index in [4.69, 9.17) is 11.2 Å². The standard InChI is InChI=1S/C22H20F3N3O4S/c1-3-15-5-7-18(33-15)21(31)26-11-16(22(23,24)25)20(30)27-14-4-6-17(13(2)10-14)28-8-9-32-12-19(28)29/h1,4-7,10,16H,8-9,11-12H2,2H3,(H,26,31)(H,27,30). The molecule has 3 rings (SSSR count). The minimum Gasteiger partial charge on any atom is -0.370 e. The van der Waals surface area contributed by atoms with Crippen LogP contribution in [-0.4, -0.2) is 50.2 Å². The molecule has 2 heterocycles. The van der Waals surface area contributed by atoms with Crippen LogP contribution in [0.3, 0.4) is 0 Å². The second-order valence-corrected chi connectivity index (χ2v) is 8.28. The van der Waals surface area contributed by atoms with Gasteiger partial charge < -0.3 is 20.3 Å². The van der Waals surface area contributed by atoms with E-state index in [0.717, 1.165) is 11.3 Å². The zero-order chi connectivity index (χ0) is 24.2. The third-order valence-corrected chi connectivity index (χ3v) is 5.91. The van der Waals surface area contributed by atoms with E-state index in [2.05, 4.69) is 16.6 Å². The van der Waals surface area contributed by atoms with Crippen molar-refractivity contribution in [1.29, 1.82) is 0 Å². The summed E-state index contributed by atoms with van der Waals surface area (Å²) in [5, 5.41) is 4.39. The molecule has 1 saturated heterocycles. The van der Waals surface area contributed by atoms with Crippen molar-refractivity contribution in [3.8, 4) is 12.3 Å². The second kappa shape index (κ2) is 10.1. The topological polar surface area (TPSA) is 87.7 Å². The number of carbonyl (C=O) groups excluding carboxylic acids is 3. The maximum Gasteiger partial charge on any atom is 0.402 e. The van der Waals surface area contributed by atoms with Gasteiger partial charge in [-0.15, -0.1) is 17.8 Å². The minimum absolute atomic E-state index is 0.0492. The number of nitrogens with one attached hydrogen (secondary N) is 2. The number of hydrogen-bond acceptors (Lipinski definition) is 5. The number of anilines is 2. The highest BCUT2D eigenvalue weighted by Crippen LogP contribution is 2.29. The van der Waals surface area contributed by atoms with Crippen LogP contribution in [0.2, 0.25) is 0 Å². The molecule has 1 atom stereocenters. The molecule has 2 N–H and O–H groups in total. The number of carbonyl (C=O) groups is 3. The molecule has 1 aromatic heterocycles. The Labute approximate surface area is 191 Å². The van der Waals surface area contributed by atoms with Crippen LogP contribution in [0, 0.1) is 25.2 Å². The molecule has 1 unspecified atom stereocenters. The Morgan fingerprint density at radius 2 is 2.06 bits per heavy atom. The van der Waals surface area contributed by atoms with Gasteiger partial charge in [-0.05, 0) is 42.8 Å². The number of ether oxygens (including phenoxy) is 1. The molecular weight excluding hydrogens is 459 g/mol. The van der Waals surface area contributed by atoms with E-state index in [0.29, 0.717) is 29.3 Å². The van der Waals surface area contributed by atoms with Gasteiger partial charge in [-0.3, -0.25) is 14.4 Å². The van der Waals surface area contributed by atoms with Gasteiger partial charge in [-0.25, -0.2) is 0 Å². The van der Waals surface area contributed by atoms with Gasteiger partial charge in [0, 0.05) is 24.5 Å². The predicted molar refractivity (Wildman–Crippen MR) is 117 cm³/mol. The molecule has 174 valence electrons. The fraction of sp³-hybridized carbons (Fsp3) is 0.318. The molecule has 3 amide bonds. The average molecular weight is 479 g/mol. The summed E-state index contributed by atoms with van der Waals surface area (Å²) in [6, 6.07) is 7.36. The molecule has 33 heavy (non-hydrogen) atoms. The van der Waals surface area contributed by atoms with Crippen LogP contribution in [0.1, 0.15) is 20.1 Å². The van der Waals surface area contributed by atoms with E-state index >= 15 is 0 Å². The van der Waals surface area contributed by atoms with Crippen LogP contribution < -0.4 is 15.5 Å².